The average molecular weight is 172 g/mol. The molecule has 0 saturated carbocycles. The van der Waals surface area contributed by atoms with Gasteiger partial charge in [0.05, 0.1) is 6.61 Å². The van der Waals surface area contributed by atoms with E-state index >= 15 is 0 Å². The third-order valence-electron chi connectivity index (χ3n) is 1.81. The molecule has 0 spiro atoms. The van der Waals surface area contributed by atoms with E-state index in [1.54, 1.807) is 13.8 Å². The Labute approximate surface area is 70.1 Å². The van der Waals surface area contributed by atoms with Crippen LogP contribution in [0.1, 0.15) is 13.8 Å². The largest absolute Gasteiger partial charge is 0.394 e. The molecule has 1 atom stereocenters. The molecule has 0 aromatic rings. The molecule has 0 aromatic carbocycles. The van der Waals surface area contributed by atoms with Gasteiger partial charge in [-0.2, -0.15) is 0 Å². The van der Waals surface area contributed by atoms with Crippen molar-refractivity contribution >= 4 is 11.8 Å². The predicted molar refractivity (Wildman–Crippen MR) is 41.2 cm³/mol. The molecule has 1 saturated heterocycles. The fourth-order valence-electron chi connectivity index (χ4n) is 0.985. The smallest absolute Gasteiger partial charge is 0.245 e. The molecule has 1 rings (SSSR count). The van der Waals surface area contributed by atoms with Gasteiger partial charge in [-0.25, -0.2) is 0 Å². The van der Waals surface area contributed by atoms with Gasteiger partial charge in [0.25, 0.3) is 0 Å². The number of rotatable bonds is 1. The van der Waals surface area contributed by atoms with Crippen LogP contribution in [0.2, 0.25) is 0 Å². The van der Waals surface area contributed by atoms with E-state index in [-0.39, 0.29) is 18.4 Å². The van der Waals surface area contributed by atoms with Crippen molar-refractivity contribution in [2.24, 2.45) is 0 Å². The lowest BCUT2D eigenvalue weighted by Crippen LogP contribution is -2.67. The molecule has 0 aromatic heterocycles. The highest BCUT2D eigenvalue weighted by Gasteiger charge is 2.38. The maximum Gasteiger partial charge on any atom is 0.245 e. The average Bonchev–Trinajstić information content (AvgIpc) is 1.96. The summed E-state index contributed by atoms with van der Waals surface area (Å²) in [6.45, 7) is 2.84. The van der Waals surface area contributed by atoms with Crippen LogP contribution in [0, 0.1) is 0 Å². The molecule has 0 aliphatic carbocycles. The third kappa shape index (κ3) is 1.40. The molecule has 5 nitrogen and oxygen atoms in total. The van der Waals surface area contributed by atoms with Crippen molar-refractivity contribution in [2.75, 3.05) is 6.61 Å². The van der Waals surface area contributed by atoms with Crippen molar-refractivity contribution in [3.8, 4) is 0 Å². The summed E-state index contributed by atoms with van der Waals surface area (Å²) >= 11 is 0. The highest BCUT2D eigenvalue weighted by atomic mass is 16.3. The zero-order valence-corrected chi connectivity index (χ0v) is 7.05. The first-order valence-corrected chi connectivity index (χ1v) is 3.71. The number of piperazine rings is 1. The third-order valence-corrected chi connectivity index (χ3v) is 1.81. The number of aliphatic hydroxyl groups is 1. The Morgan fingerprint density at radius 1 is 1.50 bits per heavy atom. The second-order valence-corrected chi connectivity index (χ2v) is 3.32. The van der Waals surface area contributed by atoms with Crippen LogP contribution >= 0.6 is 0 Å². The van der Waals surface area contributed by atoms with Crippen molar-refractivity contribution in [3.63, 3.8) is 0 Å². The molecule has 12 heavy (non-hydrogen) atoms. The molecule has 1 aliphatic rings. The molecule has 5 heteroatoms. The predicted octanol–water partition coefficient (Wildman–Crippen LogP) is -1.63. The zero-order chi connectivity index (χ0) is 9.35. The van der Waals surface area contributed by atoms with E-state index in [9.17, 15) is 9.59 Å². The van der Waals surface area contributed by atoms with Crippen LogP contribution in [0.4, 0.5) is 0 Å². The quantitative estimate of drug-likeness (QED) is 0.444. The van der Waals surface area contributed by atoms with Crippen LogP contribution in [0.25, 0.3) is 0 Å². The van der Waals surface area contributed by atoms with E-state index < -0.39 is 11.6 Å². The summed E-state index contributed by atoms with van der Waals surface area (Å²) in [6, 6.07) is -0.800. The molecule has 68 valence electrons. The Balaban J connectivity index is 2.76. The van der Waals surface area contributed by atoms with Gasteiger partial charge in [0, 0.05) is 0 Å². The second kappa shape index (κ2) is 2.75. The van der Waals surface area contributed by atoms with Crippen molar-refractivity contribution in [2.45, 2.75) is 25.4 Å². The summed E-state index contributed by atoms with van der Waals surface area (Å²) in [5.41, 5.74) is -0.872. The number of amides is 2. The molecular weight excluding hydrogens is 160 g/mol. The second-order valence-electron chi connectivity index (χ2n) is 3.32. The number of carbonyl (C=O) groups excluding carboxylic acids is 2. The van der Waals surface area contributed by atoms with Crippen LogP contribution in [0.15, 0.2) is 0 Å². The molecule has 1 heterocycles. The number of hydrogen-bond acceptors (Lipinski definition) is 3. The van der Waals surface area contributed by atoms with Crippen LogP contribution < -0.4 is 10.6 Å². The Kier molecular flexibility index (Phi) is 2.06. The number of nitrogens with one attached hydrogen (secondary N) is 2. The lowest BCUT2D eigenvalue weighted by Gasteiger charge is -2.33. The van der Waals surface area contributed by atoms with E-state index in [0.717, 1.165) is 0 Å². The maximum absolute atomic E-state index is 11.2. The molecule has 0 radical (unpaired) electrons. The molecule has 3 N–H and O–H groups in total. The highest BCUT2D eigenvalue weighted by molar-refractivity contribution is 5.99. The van der Waals surface area contributed by atoms with Gasteiger partial charge in [-0.05, 0) is 13.8 Å². The fourth-order valence-corrected chi connectivity index (χ4v) is 0.985. The van der Waals surface area contributed by atoms with Crippen LogP contribution in [-0.4, -0.2) is 35.1 Å². The summed E-state index contributed by atoms with van der Waals surface area (Å²) in [7, 11) is 0. The minimum absolute atomic E-state index is 0.277. The molecule has 1 fully saturated rings. The first-order chi connectivity index (χ1) is 5.47. The first kappa shape index (κ1) is 8.99. The summed E-state index contributed by atoms with van der Waals surface area (Å²) in [4.78, 5) is 22.3. The first-order valence-electron chi connectivity index (χ1n) is 3.71. The normalized spacial score (nSPS) is 27.8. The van der Waals surface area contributed by atoms with Crippen LogP contribution in [0.5, 0.6) is 0 Å². The molecule has 0 unspecified atom stereocenters. The summed E-state index contributed by atoms with van der Waals surface area (Å²) in [5.74, 6) is -0.622. The molecule has 1 aliphatic heterocycles. The van der Waals surface area contributed by atoms with Crippen LogP contribution in [-0.2, 0) is 9.59 Å². The molecule has 2 amide bonds. The number of carbonyl (C=O) groups is 2. The van der Waals surface area contributed by atoms with E-state index in [0.29, 0.717) is 0 Å². The van der Waals surface area contributed by atoms with Gasteiger partial charge in [-0.15, -0.1) is 0 Å². The summed E-state index contributed by atoms with van der Waals surface area (Å²) in [5, 5.41) is 13.6. The van der Waals surface area contributed by atoms with Crippen molar-refractivity contribution in [3.05, 3.63) is 0 Å². The monoisotopic (exact) mass is 172 g/mol. The van der Waals surface area contributed by atoms with Crippen molar-refractivity contribution < 1.29 is 14.7 Å². The Morgan fingerprint density at radius 3 is 2.58 bits per heavy atom. The van der Waals surface area contributed by atoms with E-state index in [4.69, 9.17) is 5.11 Å². The molecular formula is C7H12N2O3. The SMILES string of the molecule is CC1(C)NC(=O)[C@H](CO)NC1=O. The van der Waals surface area contributed by atoms with E-state index in [2.05, 4.69) is 10.6 Å². The van der Waals surface area contributed by atoms with Crippen LogP contribution in [0.3, 0.4) is 0 Å². The topological polar surface area (TPSA) is 78.4 Å². The van der Waals surface area contributed by atoms with Gasteiger partial charge in [-0.3, -0.25) is 9.59 Å². The van der Waals surface area contributed by atoms with E-state index in [1.165, 1.54) is 0 Å². The maximum atomic E-state index is 11.2. The lowest BCUT2D eigenvalue weighted by atomic mass is 9.99. The Morgan fingerprint density at radius 2 is 2.08 bits per heavy atom. The summed E-state index contributed by atoms with van der Waals surface area (Å²) < 4.78 is 0. The van der Waals surface area contributed by atoms with Gasteiger partial charge < -0.3 is 15.7 Å². The zero-order valence-electron chi connectivity index (χ0n) is 7.05. The van der Waals surface area contributed by atoms with Gasteiger partial charge in [0.15, 0.2) is 0 Å². The Hall–Kier alpha value is -1.10. The van der Waals surface area contributed by atoms with Gasteiger partial charge in [0.1, 0.15) is 11.6 Å². The van der Waals surface area contributed by atoms with E-state index in [1.807, 2.05) is 0 Å². The van der Waals surface area contributed by atoms with Gasteiger partial charge >= 0.3 is 0 Å². The number of hydrogen-bond donors (Lipinski definition) is 3. The molecule has 0 bridgehead atoms. The van der Waals surface area contributed by atoms with Gasteiger partial charge in [0.2, 0.25) is 11.8 Å². The minimum atomic E-state index is -0.872. The van der Waals surface area contributed by atoms with Crippen molar-refractivity contribution in [1.29, 1.82) is 0 Å². The lowest BCUT2D eigenvalue weighted by molar-refractivity contribution is -0.141. The van der Waals surface area contributed by atoms with Gasteiger partial charge in [-0.1, -0.05) is 0 Å². The summed E-state index contributed by atoms with van der Waals surface area (Å²) in [6.07, 6.45) is 0. The number of aliphatic hydroxyl groups excluding tert-OH is 1. The minimum Gasteiger partial charge on any atom is -0.394 e. The fraction of sp³-hybridized carbons (Fsp3) is 0.714. The Bertz CT molecular complexity index is 225. The highest BCUT2D eigenvalue weighted by Crippen LogP contribution is 2.07. The standard InChI is InChI=1S/C7H12N2O3/c1-7(2)6(12)8-4(3-10)5(11)9-7/h4,10H,3H2,1-2H3,(H,8,12)(H,9,11)/t4-/m0/s1. The van der Waals surface area contributed by atoms with Crippen molar-refractivity contribution in [1.82, 2.24) is 10.6 Å².